The predicted octanol–water partition coefficient (Wildman–Crippen LogP) is 5.55. The topological polar surface area (TPSA) is 67.9 Å². The van der Waals surface area contributed by atoms with Gasteiger partial charge in [-0.2, -0.15) is 0 Å². The van der Waals surface area contributed by atoms with Crippen molar-refractivity contribution in [3.05, 3.63) is 94.0 Å². The molecule has 0 aliphatic heterocycles. The van der Waals surface area contributed by atoms with Crippen molar-refractivity contribution in [2.75, 3.05) is 13.7 Å². The Morgan fingerprint density at radius 1 is 0.944 bits per heavy atom. The van der Waals surface area contributed by atoms with Gasteiger partial charge >= 0.3 is 0 Å². The molecule has 0 aliphatic carbocycles. The first kappa shape index (κ1) is 27.4. The lowest BCUT2D eigenvalue weighted by molar-refractivity contribution is -0.143. The van der Waals surface area contributed by atoms with Crippen LogP contribution in [0.4, 0.5) is 0 Å². The van der Waals surface area contributed by atoms with E-state index in [4.69, 9.17) is 32.7 Å². The van der Waals surface area contributed by atoms with Crippen LogP contribution >= 0.6 is 23.2 Å². The summed E-state index contributed by atoms with van der Waals surface area (Å²) in [6.45, 7) is 3.63. The van der Waals surface area contributed by atoms with E-state index in [9.17, 15) is 9.59 Å². The summed E-state index contributed by atoms with van der Waals surface area (Å²) in [6, 6.07) is 20.7. The van der Waals surface area contributed by atoms with Crippen molar-refractivity contribution in [3.63, 3.8) is 0 Å². The van der Waals surface area contributed by atoms with Gasteiger partial charge in [0.1, 0.15) is 17.5 Å². The van der Waals surface area contributed by atoms with Crippen LogP contribution in [0, 0.1) is 0 Å². The summed E-state index contributed by atoms with van der Waals surface area (Å²) in [5.74, 6) is 0.592. The fourth-order valence-corrected chi connectivity index (χ4v) is 4.14. The Hall–Kier alpha value is -3.22. The van der Waals surface area contributed by atoms with Crippen LogP contribution in [-0.2, 0) is 22.6 Å². The van der Waals surface area contributed by atoms with Crippen LogP contribution in [0.1, 0.15) is 25.0 Å². The third-order valence-corrected chi connectivity index (χ3v) is 6.07. The summed E-state index contributed by atoms with van der Waals surface area (Å²) in [4.78, 5) is 28.5. The average Bonchev–Trinajstić information content (AvgIpc) is 2.86. The Morgan fingerprint density at radius 2 is 1.61 bits per heavy atom. The summed E-state index contributed by atoms with van der Waals surface area (Å²) in [5.41, 5.74) is 1.60. The molecular formula is C28H30Cl2N2O4. The Labute approximate surface area is 222 Å². The number of rotatable bonds is 11. The van der Waals surface area contributed by atoms with Crippen LogP contribution in [0.3, 0.4) is 0 Å². The number of halogens is 2. The van der Waals surface area contributed by atoms with Gasteiger partial charge in [-0.05, 0) is 61.4 Å². The third kappa shape index (κ3) is 7.90. The maximum atomic E-state index is 13.6. The summed E-state index contributed by atoms with van der Waals surface area (Å²) in [5, 5.41) is 3.86. The van der Waals surface area contributed by atoms with Crippen molar-refractivity contribution in [1.29, 1.82) is 0 Å². The van der Waals surface area contributed by atoms with E-state index >= 15 is 0 Å². The monoisotopic (exact) mass is 528 g/mol. The molecule has 8 heteroatoms. The fraction of sp³-hybridized carbons (Fsp3) is 0.286. The van der Waals surface area contributed by atoms with E-state index < -0.39 is 6.04 Å². The molecule has 190 valence electrons. The van der Waals surface area contributed by atoms with Crippen LogP contribution in [0.15, 0.2) is 72.8 Å². The molecule has 0 saturated heterocycles. The Kier molecular flexibility index (Phi) is 10.0. The summed E-state index contributed by atoms with van der Waals surface area (Å²) >= 11 is 12.5. The SMILES string of the molecule is COc1ccc(OCC(=O)N(Cc2ccc(Cl)cc2Cl)C(Cc2ccccc2)C(=O)NC(C)C)cc1. The molecule has 3 aromatic carbocycles. The van der Waals surface area contributed by atoms with Crippen molar-refractivity contribution >= 4 is 35.0 Å². The third-order valence-electron chi connectivity index (χ3n) is 5.48. The molecule has 36 heavy (non-hydrogen) atoms. The van der Waals surface area contributed by atoms with Crippen molar-refractivity contribution in [2.45, 2.75) is 38.9 Å². The molecule has 0 aromatic heterocycles. The molecule has 0 spiro atoms. The molecule has 1 N–H and O–H groups in total. The lowest BCUT2D eigenvalue weighted by Crippen LogP contribution is -2.52. The first-order chi connectivity index (χ1) is 17.3. The molecule has 2 amide bonds. The number of ether oxygens (including phenoxy) is 2. The van der Waals surface area contributed by atoms with Crippen molar-refractivity contribution in [2.24, 2.45) is 0 Å². The van der Waals surface area contributed by atoms with E-state index in [1.165, 1.54) is 4.90 Å². The Morgan fingerprint density at radius 3 is 2.22 bits per heavy atom. The quantitative estimate of drug-likeness (QED) is 0.354. The van der Waals surface area contributed by atoms with Gasteiger partial charge in [-0.15, -0.1) is 0 Å². The van der Waals surface area contributed by atoms with E-state index in [1.54, 1.807) is 49.6 Å². The van der Waals surface area contributed by atoms with Gasteiger partial charge in [0.05, 0.1) is 7.11 Å². The van der Waals surface area contributed by atoms with Gasteiger partial charge in [0, 0.05) is 29.1 Å². The summed E-state index contributed by atoms with van der Waals surface area (Å²) in [7, 11) is 1.58. The molecule has 3 rings (SSSR count). The first-order valence-corrected chi connectivity index (χ1v) is 12.4. The summed E-state index contributed by atoms with van der Waals surface area (Å²) < 4.78 is 10.9. The average molecular weight is 529 g/mol. The zero-order valence-corrected chi connectivity index (χ0v) is 22.1. The van der Waals surface area contributed by atoms with Gasteiger partial charge in [-0.3, -0.25) is 9.59 Å². The Balaban J connectivity index is 1.91. The molecule has 1 unspecified atom stereocenters. The number of amides is 2. The highest BCUT2D eigenvalue weighted by Crippen LogP contribution is 2.24. The van der Waals surface area contributed by atoms with Crippen molar-refractivity contribution in [1.82, 2.24) is 10.2 Å². The van der Waals surface area contributed by atoms with Crippen molar-refractivity contribution < 1.29 is 19.1 Å². The molecule has 0 saturated carbocycles. The number of carbonyl (C=O) groups excluding carboxylic acids is 2. The number of nitrogens with zero attached hydrogens (tertiary/aromatic N) is 1. The van der Waals surface area contributed by atoms with E-state index in [0.717, 1.165) is 5.56 Å². The minimum Gasteiger partial charge on any atom is -0.497 e. The molecule has 0 fully saturated rings. The largest absolute Gasteiger partial charge is 0.497 e. The van der Waals surface area contributed by atoms with Gasteiger partial charge in [0.2, 0.25) is 5.91 Å². The van der Waals surface area contributed by atoms with Crippen molar-refractivity contribution in [3.8, 4) is 11.5 Å². The highest BCUT2D eigenvalue weighted by molar-refractivity contribution is 6.35. The van der Waals surface area contributed by atoms with E-state index in [1.807, 2.05) is 44.2 Å². The van der Waals surface area contributed by atoms with Gasteiger partial charge in [0.25, 0.3) is 5.91 Å². The highest BCUT2D eigenvalue weighted by Gasteiger charge is 2.31. The van der Waals surface area contributed by atoms with Gasteiger partial charge < -0.3 is 19.7 Å². The van der Waals surface area contributed by atoms with Gasteiger partial charge in [0.15, 0.2) is 6.61 Å². The molecular weight excluding hydrogens is 499 g/mol. The number of nitrogens with one attached hydrogen (secondary N) is 1. The zero-order chi connectivity index (χ0) is 26.1. The minimum atomic E-state index is -0.784. The first-order valence-electron chi connectivity index (χ1n) is 11.6. The molecule has 0 radical (unpaired) electrons. The number of carbonyl (C=O) groups is 2. The standard InChI is InChI=1S/C28H30Cl2N2O4/c1-19(2)31-28(34)26(15-20-7-5-4-6-8-20)32(17-21-9-10-22(29)16-25(21)30)27(33)18-36-24-13-11-23(35-3)12-14-24/h4-14,16,19,26H,15,17-18H2,1-3H3,(H,31,34). The van der Waals surface area contributed by atoms with E-state index in [0.29, 0.717) is 33.5 Å². The molecule has 0 aliphatic rings. The predicted molar refractivity (Wildman–Crippen MR) is 143 cm³/mol. The lowest BCUT2D eigenvalue weighted by Gasteiger charge is -2.32. The second-order valence-electron chi connectivity index (χ2n) is 8.59. The smallest absolute Gasteiger partial charge is 0.261 e. The zero-order valence-electron chi connectivity index (χ0n) is 20.5. The number of hydrogen-bond acceptors (Lipinski definition) is 4. The molecule has 0 bridgehead atoms. The molecule has 3 aromatic rings. The number of methoxy groups -OCH3 is 1. The number of benzene rings is 3. The minimum absolute atomic E-state index is 0.0950. The molecule has 0 heterocycles. The second-order valence-corrected chi connectivity index (χ2v) is 9.43. The maximum absolute atomic E-state index is 13.6. The normalized spacial score (nSPS) is 11.6. The molecule has 1 atom stereocenters. The number of hydrogen-bond donors (Lipinski definition) is 1. The van der Waals surface area contributed by atoms with Crippen LogP contribution < -0.4 is 14.8 Å². The van der Waals surface area contributed by atoms with Crippen LogP contribution in [0.5, 0.6) is 11.5 Å². The van der Waals surface area contributed by atoms with Gasteiger partial charge in [-0.1, -0.05) is 59.6 Å². The van der Waals surface area contributed by atoms with Crippen LogP contribution in [-0.4, -0.2) is 42.5 Å². The fourth-order valence-electron chi connectivity index (χ4n) is 3.67. The van der Waals surface area contributed by atoms with Gasteiger partial charge in [-0.25, -0.2) is 0 Å². The molecule has 6 nitrogen and oxygen atoms in total. The maximum Gasteiger partial charge on any atom is 0.261 e. The second kappa shape index (κ2) is 13.2. The van der Waals surface area contributed by atoms with E-state index in [-0.39, 0.29) is 31.0 Å². The van der Waals surface area contributed by atoms with Crippen LogP contribution in [0.2, 0.25) is 10.0 Å². The lowest BCUT2D eigenvalue weighted by atomic mass is 10.0. The van der Waals surface area contributed by atoms with E-state index in [2.05, 4.69) is 5.32 Å². The highest BCUT2D eigenvalue weighted by atomic mass is 35.5. The summed E-state index contributed by atoms with van der Waals surface area (Å²) in [6.07, 6.45) is 0.332. The van der Waals surface area contributed by atoms with Crippen LogP contribution in [0.25, 0.3) is 0 Å². The Bertz CT molecular complexity index is 1150.